The van der Waals surface area contributed by atoms with E-state index in [0.29, 0.717) is 37.1 Å². The lowest BCUT2D eigenvalue weighted by molar-refractivity contribution is -0.134. The Morgan fingerprint density at radius 3 is 2.40 bits per heavy atom. The molecule has 0 unspecified atom stereocenters. The van der Waals surface area contributed by atoms with Crippen molar-refractivity contribution in [3.05, 3.63) is 53.6 Å². The van der Waals surface area contributed by atoms with Gasteiger partial charge in [0.1, 0.15) is 17.2 Å². The summed E-state index contributed by atoms with van der Waals surface area (Å²) in [5.41, 5.74) is 2.74. The second-order valence-electron chi connectivity index (χ2n) is 9.28. The maximum absolute atomic E-state index is 13.6. The van der Waals surface area contributed by atoms with Crippen molar-refractivity contribution in [1.82, 2.24) is 9.91 Å². The summed E-state index contributed by atoms with van der Waals surface area (Å²) in [5, 5.41) is 6.53. The van der Waals surface area contributed by atoms with Crippen LogP contribution in [0.4, 0.5) is 0 Å². The monoisotopic (exact) mass is 479 g/mol. The summed E-state index contributed by atoms with van der Waals surface area (Å²) in [5.74, 6) is 2.23. The molecule has 0 bridgehead atoms. The molecular weight excluding hydrogens is 442 g/mol. The minimum Gasteiger partial charge on any atom is -0.497 e. The van der Waals surface area contributed by atoms with E-state index in [9.17, 15) is 4.79 Å². The van der Waals surface area contributed by atoms with E-state index in [1.54, 1.807) is 19.2 Å². The van der Waals surface area contributed by atoms with Gasteiger partial charge in [0.15, 0.2) is 0 Å². The number of methoxy groups -OCH3 is 2. The van der Waals surface area contributed by atoms with E-state index in [-0.39, 0.29) is 11.9 Å². The van der Waals surface area contributed by atoms with Crippen molar-refractivity contribution < 1.29 is 19.0 Å². The van der Waals surface area contributed by atoms with Crippen LogP contribution in [0.3, 0.4) is 0 Å². The predicted molar refractivity (Wildman–Crippen MR) is 137 cm³/mol. The second kappa shape index (κ2) is 11.6. The molecule has 0 aromatic heterocycles. The molecule has 1 fully saturated rings. The maximum atomic E-state index is 13.6. The zero-order chi connectivity index (χ0) is 24.8. The zero-order valence-electron chi connectivity index (χ0n) is 21.3. The van der Waals surface area contributed by atoms with Gasteiger partial charge in [-0.2, -0.15) is 5.10 Å². The summed E-state index contributed by atoms with van der Waals surface area (Å²) in [7, 11) is 5.33. The highest BCUT2D eigenvalue weighted by atomic mass is 16.5. The van der Waals surface area contributed by atoms with E-state index in [1.165, 1.54) is 19.3 Å². The van der Waals surface area contributed by atoms with E-state index < -0.39 is 0 Å². The summed E-state index contributed by atoms with van der Waals surface area (Å²) in [6.07, 6.45) is 6.69. The number of likely N-dealkylation sites (N-methyl/N-ethyl adjacent to an activating group) is 1. The van der Waals surface area contributed by atoms with Crippen LogP contribution in [0.2, 0.25) is 0 Å². The fourth-order valence-corrected chi connectivity index (χ4v) is 5.09. The van der Waals surface area contributed by atoms with Gasteiger partial charge in [-0.3, -0.25) is 9.69 Å². The van der Waals surface area contributed by atoms with Crippen molar-refractivity contribution in [2.45, 2.75) is 57.5 Å². The molecule has 1 aliphatic carbocycles. The van der Waals surface area contributed by atoms with Crippen LogP contribution < -0.4 is 14.2 Å². The minimum absolute atomic E-state index is 0.0134. The molecule has 0 N–H and O–H groups in total. The molecule has 188 valence electrons. The number of carbonyl (C=O) groups excluding carboxylic acids is 1. The number of benzene rings is 2. The van der Waals surface area contributed by atoms with Crippen molar-refractivity contribution in [1.29, 1.82) is 0 Å². The molecule has 4 rings (SSSR count). The van der Waals surface area contributed by atoms with Gasteiger partial charge in [0.2, 0.25) is 0 Å². The molecule has 1 heterocycles. The Kier molecular flexibility index (Phi) is 8.29. The molecule has 2 aromatic carbocycles. The smallest absolute Gasteiger partial charge is 0.257 e. The van der Waals surface area contributed by atoms with Crippen LogP contribution in [0.5, 0.6) is 17.2 Å². The highest BCUT2D eigenvalue weighted by molar-refractivity contribution is 6.05. The van der Waals surface area contributed by atoms with Crippen LogP contribution in [0.1, 0.15) is 62.6 Å². The van der Waals surface area contributed by atoms with Gasteiger partial charge < -0.3 is 14.2 Å². The molecule has 1 saturated carbocycles. The molecule has 35 heavy (non-hydrogen) atoms. The van der Waals surface area contributed by atoms with Gasteiger partial charge in [-0.25, -0.2) is 5.01 Å². The molecular formula is C28H37N3O4. The molecule has 2 aliphatic rings. The minimum atomic E-state index is -0.181. The Morgan fingerprint density at radius 1 is 1.03 bits per heavy atom. The number of ether oxygens (including phenoxy) is 3. The van der Waals surface area contributed by atoms with E-state index in [0.717, 1.165) is 35.4 Å². The van der Waals surface area contributed by atoms with Crippen LogP contribution in [0.25, 0.3) is 0 Å². The van der Waals surface area contributed by atoms with Gasteiger partial charge in [0.25, 0.3) is 5.91 Å². The number of amides is 1. The Balaban J connectivity index is 1.61. The summed E-state index contributed by atoms with van der Waals surface area (Å²) < 4.78 is 16.6. The second-order valence-corrected chi connectivity index (χ2v) is 9.28. The lowest BCUT2D eigenvalue weighted by atomic mass is 9.94. The summed E-state index contributed by atoms with van der Waals surface area (Å²) >= 11 is 0. The maximum Gasteiger partial charge on any atom is 0.257 e. The lowest BCUT2D eigenvalue weighted by Gasteiger charge is -2.32. The number of rotatable bonds is 9. The summed E-state index contributed by atoms with van der Waals surface area (Å²) in [6.45, 7) is 2.94. The van der Waals surface area contributed by atoms with Crippen molar-refractivity contribution in [2.75, 3.05) is 34.4 Å². The number of hydrazone groups is 1. The Bertz CT molecular complexity index is 1030. The quantitative estimate of drug-likeness (QED) is 0.504. The van der Waals surface area contributed by atoms with Gasteiger partial charge in [0.05, 0.1) is 39.1 Å². The third-order valence-corrected chi connectivity index (χ3v) is 7.04. The van der Waals surface area contributed by atoms with E-state index in [2.05, 4.69) is 11.9 Å². The average Bonchev–Trinajstić information content (AvgIpc) is 3.35. The first-order chi connectivity index (χ1) is 17.0. The van der Waals surface area contributed by atoms with Gasteiger partial charge >= 0.3 is 0 Å². The number of hydrogen-bond donors (Lipinski definition) is 0. The third-order valence-electron chi connectivity index (χ3n) is 7.04. The Hall–Kier alpha value is -3.06. The summed E-state index contributed by atoms with van der Waals surface area (Å²) in [6, 6.07) is 14.0. The number of nitrogens with zero attached hydrogens (tertiary/aromatic N) is 3. The molecule has 0 radical (unpaired) electrons. The molecule has 1 aliphatic heterocycles. The standard InChI is InChI=1S/C28H37N3O4/c1-5-35-22-13-11-20(12-14-22)26-18-25(24-16-15-23(33-3)17-27(24)34-4)29-31(26)28(32)19-30(2)21-9-7-6-8-10-21/h11-17,21,26H,5-10,18-19H2,1-4H3/t26-/m0/s1. The van der Waals surface area contributed by atoms with Crippen LogP contribution in [-0.4, -0.2) is 62.0 Å². The normalized spacial score (nSPS) is 18.5. The molecule has 0 saturated heterocycles. The summed E-state index contributed by atoms with van der Waals surface area (Å²) in [4.78, 5) is 15.8. The molecule has 2 aromatic rings. The van der Waals surface area contributed by atoms with Crippen LogP contribution in [-0.2, 0) is 4.79 Å². The first-order valence-corrected chi connectivity index (χ1v) is 12.6. The SMILES string of the molecule is CCOc1ccc([C@@H]2CC(c3ccc(OC)cc3OC)=NN2C(=O)CN(C)C2CCCCC2)cc1. The highest BCUT2D eigenvalue weighted by Gasteiger charge is 2.35. The first kappa shape index (κ1) is 25.0. The van der Waals surface area contributed by atoms with E-state index >= 15 is 0 Å². The van der Waals surface area contributed by atoms with Gasteiger partial charge in [-0.15, -0.1) is 0 Å². The predicted octanol–water partition coefficient (Wildman–Crippen LogP) is 5.04. The molecule has 7 heteroatoms. The fraction of sp³-hybridized carbons (Fsp3) is 0.500. The van der Waals surface area contributed by atoms with Crippen LogP contribution >= 0.6 is 0 Å². The van der Waals surface area contributed by atoms with Crippen LogP contribution in [0, 0.1) is 0 Å². The van der Waals surface area contributed by atoms with Gasteiger partial charge in [0, 0.05) is 24.1 Å². The fourth-order valence-electron chi connectivity index (χ4n) is 5.09. The average molecular weight is 480 g/mol. The number of hydrogen-bond acceptors (Lipinski definition) is 6. The first-order valence-electron chi connectivity index (χ1n) is 12.6. The van der Waals surface area contributed by atoms with Crippen molar-refractivity contribution >= 4 is 11.6 Å². The van der Waals surface area contributed by atoms with E-state index in [4.69, 9.17) is 19.3 Å². The molecule has 0 spiro atoms. The Labute approximate surface area is 208 Å². The van der Waals surface area contributed by atoms with Gasteiger partial charge in [-0.1, -0.05) is 31.4 Å². The van der Waals surface area contributed by atoms with Crippen molar-refractivity contribution in [3.63, 3.8) is 0 Å². The van der Waals surface area contributed by atoms with Crippen LogP contribution in [0.15, 0.2) is 47.6 Å². The largest absolute Gasteiger partial charge is 0.497 e. The Morgan fingerprint density at radius 2 is 1.74 bits per heavy atom. The topological polar surface area (TPSA) is 63.6 Å². The zero-order valence-corrected chi connectivity index (χ0v) is 21.3. The third kappa shape index (κ3) is 5.78. The number of carbonyl (C=O) groups is 1. The molecule has 1 atom stereocenters. The molecule has 7 nitrogen and oxygen atoms in total. The lowest BCUT2D eigenvalue weighted by Crippen LogP contribution is -2.41. The van der Waals surface area contributed by atoms with Crippen molar-refractivity contribution in [3.8, 4) is 17.2 Å². The van der Waals surface area contributed by atoms with E-state index in [1.807, 2.05) is 49.4 Å². The van der Waals surface area contributed by atoms with Gasteiger partial charge in [-0.05, 0) is 56.6 Å². The molecule has 1 amide bonds. The highest BCUT2D eigenvalue weighted by Crippen LogP contribution is 2.37. The van der Waals surface area contributed by atoms with Crippen molar-refractivity contribution in [2.24, 2.45) is 5.10 Å².